The summed E-state index contributed by atoms with van der Waals surface area (Å²) in [5, 5.41) is 3.44. The Morgan fingerprint density at radius 3 is 2.63 bits per heavy atom. The molecule has 27 heavy (non-hydrogen) atoms. The summed E-state index contributed by atoms with van der Waals surface area (Å²) >= 11 is 0. The van der Waals surface area contributed by atoms with Crippen LogP contribution in [0.1, 0.15) is 31.2 Å². The SMILES string of the molecule is O=C(Cc1ccccc1F)N1CCN(C(=O)[C@@]23CCCC[C@H]2CNC3)CC1. The van der Waals surface area contributed by atoms with Crippen molar-refractivity contribution in [3.8, 4) is 0 Å². The van der Waals surface area contributed by atoms with Crippen molar-refractivity contribution in [2.75, 3.05) is 39.3 Å². The molecule has 2 amide bonds. The van der Waals surface area contributed by atoms with Gasteiger partial charge in [-0.15, -0.1) is 0 Å². The molecule has 0 bridgehead atoms. The largest absolute Gasteiger partial charge is 0.339 e. The van der Waals surface area contributed by atoms with E-state index in [9.17, 15) is 14.0 Å². The smallest absolute Gasteiger partial charge is 0.230 e. The van der Waals surface area contributed by atoms with E-state index >= 15 is 0 Å². The number of hydrogen-bond acceptors (Lipinski definition) is 3. The standard InChI is InChI=1S/C21H28FN3O2/c22-18-7-2-1-5-16(18)13-19(26)24-9-11-25(12-10-24)20(27)21-8-4-3-6-17(21)14-23-15-21/h1-2,5,7,17,23H,3-4,6,8-15H2/t17-,21+/m0/s1. The van der Waals surface area contributed by atoms with E-state index in [1.165, 1.54) is 12.5 Å². The second-order valence-electron chi connectivity index (χ2n) is 8.17. The molecule has 2 saturated heterocycles. The molecular formula is C21H28FN3O2. The number of benzene rings is 1. The van der Waals surface area contributed by atoms with Crippen LogP contribution in [0.15, 0.2) is 24.3 Å². The molecule has 3 fully saturated rings. The third kappa shape index (κ3) is 3.47. The summed E-state index contributed by atoms with van der Waals surface area (Å²) in [4.78, 5) is 29.5. The number of nitrogens with one attached hydrogen (secondary N) is 1. The average molecular weight is 373 g/mol. The Morgan fingerprint density at radius 1 is 1.11 bits per heavy atom. The van der Waals surface area contributed by atoms with Gasteiger partial charge in [-0.1, -0.05) is 31.0 Å². The molecule has 0 unspecified atom stereocenters. The minimum absolute atomic E-state index is 0.0663. The van der Waals surface area contributed by atoms with Crippen molar-refractivity contribution in [2.24, 2.45) is 11.3 Å². The molecule has 2 heterocycles. The van der Waals surface area contributed by atoms with Crippen molar-refractivity contribution in [1.29, 1.82) is 0 Å². The first-order valence-corrected chi connectivity index (χ1v) is 10.1. The van der Waals surface area contributed by atoms with Crippen molar-refractivity contribution in [3.63, 3.8) is 0 Å². The molecular weight excluding hydrogens is 345 g/mol. The molecule has 6 heteroatoms. The van der Waals surface area contributed by atoms with E-state index in [0.717, 1.165) is 32.4 Å². The van der Waals surface area contributed by atoms with Crippen molar-refractivity contribution < 1.29 is 14.0 Å². The van der Waals surface area contributed by atoms with Gasteiger partial charge in [0.05, 0.1) is 11.8 Å². The van der Waals surface area contributed by atoms with E-state index in [1.54, 1.807) is 23.1 Å². The lowest BCUT2D eigenvalue weighted by Gasteiger charge is -2.43. The Kier molecular flexibility index (Phi) is 5.17. The summed E-state index contributed by atoms with van der Waals surface area (Å²) in [5.74, 6) is 0.331. The van der Waals surface area contributed by atoms with Gasteiger partial charge in [-0.05, 0) is 36.9 Å². The van der Waals surface area contributed by atoms with Crippen LogP contribution in [0.5, 0.6) is 0 Å². The predicted molar refractivity (Wildman–Crippen MR) is 101 cm³/mol. The molecule has 1 N–H and O–H groups in total. The fourth-order valence-electron chi connectivity index (χ4n) is 5.06. The Morgan fingerprint density at radius 2 is 1.85 bits per heavy atom. The summed E-state index contributed by atoms with van der Waals surface area (Å²) in [6.07, 6.45) is 4.55. The molecule has 1 aromatic carbocycles. The van der Waals surface area contributed by atoms with Gasteiger partial charge in [-0.25, -0.2) is 4.39 Å². The van der Waals surface area contributed by atoms with Gasteiger partial charge in [0.15, 0.2) is 0 Å². The Labute approximate surface area is 159 Å². The van der Waals surface area contributed by atoms with Crippen LogP contribution < -0.4 is 5.32 Å². The fourth-order valence-corrected chi connectivity index (χ4v) is 5.06. The van der Waals surface area contributed by atoms with Crippen LogP contribution in [0, 0.1) is 17.2 Å². The average Bonchev–Trinajstić information content (AvgIpc) is 3.14. The molecule has 1 aromatic rings. The summed E-state index contributed by atoms with van der Waals surface area (Å²) in [6.45, 7) is 3.97. The molecule has 1 saturated carbocycles. The number of hydrogen-bond donors (Lipinski definition) is 1. The lowest BCUT2D eigenvalue weighted by atomic mass is 9.67. The second-order valence-corrected chi connectivity index (χ2v) is 8.17. The third-order valence-electron chi connectivity index (χ3n) is 6.68. The Balaban J connectivity index is 1.35. The van der Waals surface area contributed by atoms with E-state index in [2.05, 4.69) is 5.32 Å². The third-order valence-corrected chi connectivity index (χ3v) is 6.68. The highest BCUT2D eigenvalue weighted by molar-refractivity contribution is 5.85. The minimum atomic E-state index is -0.337. The Hall–Kier alpha value is -1.95. The van der Waals surface area contributed by atoms with E-state index < -0.39 is 0 Å². The monoisotopic (exact) mass is 373 g/mol. The van der Waals surface area contributed by atoms with Gasteiger partial charge in [0.1, 0.15) is 5.82 Å². The normalized spacial score (nSPS) is 28.1. The lowest BCUT2D eigenvalue weighted by Crippen LogP contribution is -2.56. The van der Waals surface area contributed by atoms with Gasteiger partial charge >= 0.3 is 0 Å². The number of piperazine rings is 1. The maximum atomic E-state index is 13.8. The maximum Gasteiger partial charge on any atom is 0.230 e. The fraction of sp³-hybridized carbons (Fsp3) is 0.619. The number of halogens is 1. The highest BCUT2D eigenvalue weighted by Gasteiger charge is 2.51. The van der Waals surface area contributed by atoms with Crippen molar-refractivity contribution in [3.05, 3.63) is 35.6 Å². The number of nitrogens with zero attached hydrogens (tertiary/aromatic N) is 2. The summed E-state index contributed by atoms with van der Waals surface area (Å²) < 4.78 is 13.8. The molecule has 146 valence electrons. The second kappa shape index (κ2) is 7.58. The number of carbonyl (C=O) groups is 2. The summed E-state index contributed by atoms with van der Waals surface area (Å²) in [5.41, 5.74) is 0.208. The zero-order chi connectivity index (χ0) is 18.9. The van der Waals surface area contributed by atoms with Gasteiger partial charge in [0.25, 0.3) is 0 Å². The first-order valence-electron chi connectivity index (χ1n) is 10.1. The number of carbonyl (C=O) groups excluding carboxylic acids is 2. The molecule has 4 rings (SSSR count). The molecule has 2 atom stereocenters. The number of fused-ring (bicyclic) bond motifs is 1. The topological polar surface area (TPSA) is 52.7 Å². The molecule has 0 radical (unpaired) electrons. The quantitative estimate of drug-likeness (QED) is 0.879. The van der Waals surface area contributed by atoms with Gasteiger partial charge < -0.3 is 15.1 Å². The maximum absolute atomic E-state index is 13.8. The van der Waals surface area contributed by atoms with E-state index in [0.29, 0.717) is 37.7 Å². The van der Waals surface area contributed by atoms with Crippen molar-refractivity contribution in [2.45, 2.75) is 32.1 Å². The highest BCUT2D eigenvalue weighted by Crippen LogP contribution is 2.45. The summed E-state index contributed by atoms with van der Waals surface area (Å²) in [7, 11) is 0. The first-order chi connectivity index (χ1) is 13.1. The van der Waals surface area contributed by atoms with Gasteiger partial charge in [-0.2, -0.15) is 0 Å². The zero-order valence-electron chi connectivity index (χ0n) is 15.8. The minimum Gasteiger partial charge on any atom is -0.339 e. The highest BCUT2D eigenvalue weighted by atomic mass is 19.1. The van der Waals surface area contributed by atoms with Crippen LogP contribution in [0.4, 0.5) is 4.39 Å². The van der Waals surface area contributed by atoms with Crippen LogP contribution in [0.25, 0.3) is 0 Å². The molecule has 3 aliphatic rings. The molecule has 5 nitrogen and oxygen atoms in total. The van der Waals surface area contributed by atoms with Crippen LogP contribution in [-0.2, 0) is 16.0 Å². The summed E-state index contributed by atoms with van der Waals surface area (Å²) in [6, 6.07) is 6.42. The van der Waals surface area contributed by atoms with E-state index in [1.807, 2.05) is 4.90 Å². The molecule has 0 spiro atoms. The molecule has 2 aliphatic heterocycles. The van der Waals surface area contributed by atoms with Crippen molar-refractivity contribution in [1.82, 2.24) is 15.1 Å². The van der Waals surface area contributed by atoms with Crippen LogP contribution in [-0.4, -0.2) is 60.9 Å². The predicted octanol–water partition coefficient (Wildman–Crippen LogP) is 1.82. The lowest BCUT2D eigenvalue weighted by molar-refractivity contribution is -0.149. The first kappa shape index (κ1) is 18.4. The van der Waals surface area contributed by atoms with Crippen LogP contribution in [0.2, 0.25) is 0 Å². The van der Waals surface area contributed by atoms with Gasteiger partial charge in [0.2, 0.25) is 11.8 Å². The van der Waals surface area contributed by atoms with Crippen LogP contribution >= 0.6 is 0 Å². The van der Waals surface area contributed by atoms with E-state index in [4.69, 9.17) is 0 Å². The molecule has 0 aromatic heterocycles. The number of rotatable bonds is 3. The Bertz CT molecular complexity index is 717. The van der Waals surface area contributed by atoms with Gasteiger partial charge in [0, 0.05) is 32.7 Å². The zero-order valence-corrected chi connectivity index (χ0v) is 15.8. The molecule has 1 aliphatic carbocycles. The van der Waals surface area contributed by atoms with E-state index in [-0.39, 0.29) is 29.5 Å². The van der Waals surface area contributed by atoms with Crippen LogP contribution in [0.3, 0.4) is 0 Å². The van der Waals surface area contributed by atoms with Crippen molar-refractivity contribution >= 4 is 11.8 Å². The number of amides is 2. The van der Waals surface area contributed by atoms with Gasteiger partial charge in [-0.3, -0.25) is 9.59 Å².